The first-order valence-electron chi connectivity index (χ1n) is 20.3. The van der Waals surface area contributed by atoms with Gasteiger partial charge in [-0.1, -0.05) is 60.7 Å². The van der Waals surface area contributed by atoms with Crippen LogP contribution < -0.4 is 22.0 Å². The monoisotopic (exact) mass is 870 g/mol. The summed E-state index contributed by atoms with van der Waals surface area (Å²) in [6.07, 6.45) is 2.27. The highest BCUT2D eigenvalue weighted by atomic mass is 16.7. The second-order valence-electron chi connectivity index (χ2n) is 15.7. The van der Waals surface area contributed by atoms with Crippen molar-refractivity contribution < 1.29 is 62.8 Å². The molecule has 62 heavy (non-hydrogen) atoms. The zero-order chi connectivity index (χ0) is 45.2. The van der Waals surface area contributed by atoms with E-state index in [9.17, 15) is 33.6 Å². The van der Waals surface area contributed by atoms with E-state index in [0.717, 1.165) is 11.1 Å². The van der Waals surface area contributed by atoms with E-state index in [4.69, 9.17) is 30.3 Å². The second kappa shape index (κ2) is 23.9. The molecule has 0 spiro atoms. The van der Waals surface area contributed by atoms with Gasteiger partial charge in [-0.05, 0) is 64.0 Å². The van der Waals surface area contributed by atoms with Gasteiger partial charge in [0.05, 0.1) is 25.3 Å². The lowest BCUT2D eigenvalue weighted by molar-refractivity contribution is -0.143. The van der Waals surface area contributed by atoms with E-state index in [-0.39, 0.29) is 55.6 Å². The van der Waals surface area contributed by atoms with Crippen molar-refractivity contribution in [3.63, 3.8) is 0 Å². The summed E-state index contributed by atoms with van der Waals surface area (Å²) in [5.74, 6) is 2.90. The Bertz CT molecular complexity index is 1820. The number of hydroxylamine groups is 5. The lowest BCUT2D eigenvalue weighted by Crippen LogP contribution is -2.50. The van der Waals surface area contributed by atoms with Crippen molar-refractivity contribution in [1.29, 1.82) is 0 Å². The average molecular weight is 871 g/mol. The number of rotatable bonds is 16. The highest BCUT2D eigenvalue weighted by Crippen LogP contribution is 2.32. The minimum atomic E-state index is -0.943. The summed E-state index contributed by atoms with van der Waals surface area (Å²) in [6, 6.07) is 17.2. The molecule has 6 rings (SSSR count). The highest BCUT2D eigenvalue weighted by molar-refractivity contribution is 5.91. The molecular weight excluding hydrogens is 812 g/mol. The Kier molecular flexibility index (Phi) is 18.8. The van der Waals surface area contributed by atoms with Gasteiger partial charge in [-0.15, -0.1) is 0 Å². The smallest absolute Gasteiger partial charge is 0.414 e. The number of nitrogens with two attached hydrogens (primary N) is 1. The third-order valence-electron chi connectivity index (χ3n) is 9.72. The van der Waals surface area contributed by atoms with Crippen molar-refractivity contribution in [3.8, 4) is 0 Å². The molecule has 4 fully saturated rings. The number of alkyl carbamates (subject to hydrolysis) is 1. The summed E-state index contributed by atoms with van der Waals surface area (Å²) in [7, 11) is 0. The molecule has 4 aliphatic heterocycles. The number of piperidine rings is 2. The van der Waals surface area contributed by atoms with Crippen LogP contribution in [0.15, 0.2) is 60.7 Å². The SMILES string of the molecule is CC(=O)NCCONC(=O)[C@@H]1CC[C@@H]2CN1C(=O)N2OCc1ccccc1.CC(C)(C)OC(=O)NC(=O)CCCON.O=C(O)[C@@H]1CC[C@@H]2CN1C(=O)N2OCc1ccccc1. The van der Waals surface area contributed by atoms with Crippen LogP contribution in [0.3, 0.4) is 0 Å². The van der Waals surface area contributed by atoms with Crippen molar-refractivity contribution >= 4 is 41.8 Å². The van der Waals surface area contributed by atoms with Gasteiger partial charge in [-0.25, -0.2) is 30.6 Å². The van der Waals surface area contributed by atoms with Gasteiger partial charge in [0.1, 0.15) is 30.9 Å². The summed E-state index contributed by atoms with van der Waals surface area (Å²) in [5, 5.41) is 16.5. The molecule has 0 unspecified atom stereocenters. The third kappa shape index (κ3) is 15.2. The van der Waals surface area contributed by atoms with E-state index in [0.29, 0.717) is 65.0 Å². The number of nitrogens with zero attached hydrogens (tertiary/aromatic N) is 4. The van der Waals surface area contributed by atoms with E-state index < -0.39 is 35.7 Å². The van der Waals surface area contributed by atoms with Crippen LogP contribution in [0.25, 0.3) is 0 Å². The number of urea groups is 2. The van der Waals surface area contributed by atoms with Crippen LogP contribution in [0.1, 0.15) is 77.3 Å². The van der Waals surface area contributed by atoms with E-state index in [2.05, 4.69) is 21.0 Å². The number of fused-ring (bicyclic) bond motifs is 4. The Hall–Kier alpha value is -5.87. The molecule has 4 bridgehead atoms. The molecule has 340 valence electrons. The molecule has 0 aromatic heterocycles. The molecule has 2 aromatic carbocycles. The standard InChI is InChI=1S/C18H24N4O5.C14H16N2O4.C9H18N2O4/c1-13(23)19-9-10-26-20-17(24)16-8-7-15-11-21(16)18(25)22(15)27-12-14-5-3-2-4-6-14;17-13(18)12-7-6-11-8-15(12)14(19)16(11)20-9-10-4-2-1-3-5-10;1-9(2,3)15-8(13)11-7(12)5-4-6-14-10/h2-6,15-16H,7-12H2,1H3,(H,19,23)(H,20,24);1-5,11-12H,6-9H2,(H,17,18);4-6,10H2,1-3H3,(H,11,12,13)/t15-,16+;11-,12+;/m11./s1. The molecule has 0 saturated carbocycles. The van der Waals surface area contributed by atoms with E-state index in [1.165, 1.54) is 26.8 Å². The number of ether oxygens (including phenoxy) is 1. The van der Waals surface area contributed by atoms with Crippen LogP contribution in [0.2, 0.25) is 0 Å². The molecule has 4 heterocycles. The molecule has 21 heteroatoms. The van der Waals surface area contributed by atoms with Crippen LogP contribution >= 0.6 is 0 Å². The molecule has 6 N–H and O–H groups in total. The Balaban J connectivity index is 0.000000215. The fraction of sp³-hybridized carbons (Fsp3) is 0.537. The number of benzene rings is 2. The lowest BCUT2D eigenvalue weighted by Gasteiger charge is -2.28. The maximum atomic E-state index is 12.6. The first kappa shape index (κ1) is 48.8. The molecule has 2 aromatic rings. The number of carboxylic acid groups (broad SMARTS) is 1. The minimum absolute atomic E-state index is 0.0400. The fourth-order valence-corrected chi connectivity index (χ4v) is 6.83. The molecule has 8 amide bonds. The molecule has 0 radical (unpaired) electrons. The van der Waals surface area contributed by atoms with Crippen molar-refractivity contribution in [2.75, 3.05) is 32.8 Å². The molecular formula is C41H58N8O13. The number of hydrogen-bond donors (Lipinski definition) is 5. The van der Waals surface area contributed by atoms with Crippen molar-refractivity contribution in [2.45, 2.75) is 109 Å². The number of carbonyl (C=O) groups excluding carboxylic acids is 6. The summed E-state index contributed by atoms with van der Waals surface area (Å²) < 4.78 is 4.89. The van der Waals surface area contributed by atoms with Gasteiger partial charge < -0.3 is 29.8 Å². The first-order chi connectivity index (χ1) is 29.6. The zero-order valence-corrected chi connectivity index (χ0v) is 35.5. The minimum Gasteiger partial charge on any atom is -0.480 e. The Morgan fingerprint density at radius 2 is 1.29 bits per heavy atom. The third-order valence-corrected chi connectivity index (χ3v) is 9.72. The quantitative estimate of drug-likeness (QED) is 0.120. The number of amides is 8. The first-order valence-corrected chi connectivity index (χ1v) is 20.3. The number of hydrogen-bond acceptors (Lipinski definition) is 13. The topological polar surface area (TPSA) is 261 Å². The Labute approximate surface area is 359 Å². The summed E-state index contributed by atoms with van der Waals surface area (Å²) in [6.45, 7) is 8.81. The van der Waals surface area contributed by atoms with E-state index in [1.807, 2.05) is 60.7 Å². The fourth-order valence-electron chi connectivity index (χ4n) is 6.83. The van der Waals surface area contributed by atoms with Crippen molar-refractivity contribution in [3.05, 3.63) is 71.8 Å². The molecule has 4 atom stereocenters. The molecule has 4 saturated heterocycles. The van der Waals surface area contributed by atoms with Gasteiger partial charge in [0.2, 0.25) is 11.8 Å². The largest absolute Gasteiger partial charge is 0.480 e. The normalized spacial score (nSPS) is 20.0. The van der Waals surface area contributed by atoms with Gasteiger partial charge in [0.15, 0.2) is 0 Å². The summed E-state index contributed by atoms with van der Waals surface area (Å²) >= 11 is 0. The molecule has 21 nitrogen and oxygen atoms in total. The predicted octanol–water partition coefficient (Wildman–Crippen LogP) is 2.75. The zero-order valence-electron chi connectivity index (χ0n) is 35.5. The number of imide groups is 1. The number of aliphatic carboxylic acids is 1. The summed E-state index contributed by atoms with van der Waals surface area (Å²) in [4.78, 5) is 105. The average Bonchev–Trinajstić information content (AvgIpc) is 3.61. The van der Waals surface area contributed by atoms with Gasteiger partial charge >= 0.3 is 24.1 Å². The van der Waals surface area contributed by atoms with Crippen molar-refractivity contribution in [1.82, 2.24) is 36.0 Å². The number of nitrogens with one attached hydrogen (secondary N) is 3. The maximum Gasteiger partial charge on any atom is 0.414 e. The van der Waals surface area contributed by atoms with E-state index >= 15 is 0 Å². The lowest BCUT2D eigenvalue weighted by atomic mass is 10.0. The maximum absolute atomic E-state index is 12.6. The van der Waals surface area contributed by atoms with E-state index in [1.54, 1.807) is 20.8 Å². The molecule has 0 aliphatic carbocycles. The Morgan fingerprint density at radius 1 is 0.774 bits per heavy atom. The van der Waals surface area contributed by atoms with Crippen LogP contribution in [0.5, 0.6) is 0 Å². The van der Waals surface area contributed by atoms with Crippen molar-refractivity contribution in [2.24, 2.45) is 5.90 Å². The predicted molar refractivity (Wildman–Crippen MR) is 218 cm³/mol. The van der Waals surface area contributed by atoms with Crippen LogP contribution in [-0.2, 0) is 56.5 Å². The van der Waals surface area contributed by atoms with Crippen LogP contribution in [0, 0.1) is 0 Å². The van der Waals surface area contributed by atoms with Gasteiger partial charge in [0.25, 0.3) is 5.91 Å². The van der Waals surface area contributed by atoms with Crippen LogP contribution in [-0.4, -0.2) is 129 Å². The van der Waals surface area contributed by atoms with Gasteiger partial charge in [-0.2, -0.15) is 10.1 Å². The number of carboxylic acids is 1. The molecule has 4 aliphatic rings. The second-order valence-corrected chi connectivity index (χ2v) is 15.7. The van der Waals surface area contributed by atoms with Crippen LogP contribution in [0.4, 0.5) is 14.4 Å². The van der Waals surface area contributed by atoms with Gasteiger partial charge in [-0.3, -0.25) is 34.2 Å². The number of carbonyl (C=O) groups is 7. The highest BCUT2D eigenvalue weighted by Gasteiger charge is 2.49. The van der Waals surface area contributed by atoms with Gasteiger partial charge in [0, 0.05) is 33.0 Å². The summed E-state index contributed by atoms with van der Waals surface area (Å²) in [5.41, 5.74) is 3.71. The Morgan fingerprint density at radius 3 is 1.77 bits per heavy atom.